The van der Waals surface area contributed by atoms with Gasteiger partial charge in [-0.3, -0.25) is 4.79 Å². The molecule has 16 heavy (non-hydrogen) atoms. The van der Waals surface area contributed by atoms with Gasteiger partial charge in [-0.05, 0) is 17.7 Å². The summed E-state index contributed by atoms with van der Waals surface area (Å²) in [4.78, 5) is 10.7. The highest BCUT2D eigenvalue weighted by Gasteiger charge is 2.37. The van der Waals surface area contributed by atoms with Gasteiger partial charge in [0.05, 0.1) is 0 Å². The SMILES string of the molecule is CC(=O)Nc1cccc(C(N)C(F)(F)F)c1. The molecular weight excluding hydrogens is 221 g/mol. The van der Waals surface area contributed by atoms with E-state index in [0.29, 0.717) is 5.69 Å². The fraction of sp³-hybridized carbons (Fsp3) is 0.300. The highest BCUT2D eigenvalue weighted by molar-refractivity contribution is 5.88. The third kappa shape index (κ3) is 3.23. The molecule has 3 nitrogen and oxygen atoms in total. The number of hydrogen-bond donors (Lipinski definition) is 2. The number of carbonyl (C=O) groups excluding carboxylic acids is 1. The smallest absolute Gasteiger partial charge is 0.326 e. The number of nitrogens with two attached hydrogens (primary N) is 1. The van der Waals surface area contributed by atoms with Gasteiger partial charge in [0.1, 0.15) is 6.04 Å². The highest BCUT2D eigenvalue weighted by atomic mass is 19.4. The van der Waals surface area contributed by atoms with E-state index in [4.69, 9.17) is 5.73 Å². The van der Waals surface area contributed by atoms with Gasteiger partial charge < -0.3 is 11.1 Å². The molecule has 1 amide bonds. The van der Waals surface area contributed by atoms with Crippen LogP contribution in [0.15, 0.2) is 24.3 Å². The molecule has 1 rings (SSSR count). The fourth-order valence-electron chi connectivity index (χ4n) is 1.20. The molecule has 0 saturated carbocycles. The Kier molecular flexibility index (Phi) is 3.54. The van der Waals surface area contributed by atoms with Crippen LogP contribution < -0.4 is 11.1 Å². The van der Waals surface area contributed by atoms with Crippen molar-refractivity contribution in [1.29, 1.82) is 0 Å². The first-order chi connectivity index (χ1) is 7.30. The van der Waals surface area contributed by atoms with Crippen LogP contribution in [0.4, 0.5) is 18.9 Å². The molecule has 6 heteroatoms. The predicted octanol–water partition coefficient (Wildman–Crippen LogP) is 2.21. The van der Waals surface area contributed by atoms with Crippen LogP contribution >= 0.6 is 0 Å². The molecule has 0 spiro atoms. The van der Waals surface area contributed by atoms with Crippen LogP contribution in [-0.2, 0) is 4.79 Å². The Morgan fingerprint density at radius 2 is 2.06 bits per heavy atom. The number of carbonyl (C=O) groups is 1. The molecule has 1 unspecified atom stereocenters. The van der Waals surface area contributed by atoms with Crippen molar-refractivity contribution in [3.8, 4) is 0 Å². The van der Waals surface area contributed by atoms with Crippen LogP contribution in [0.3, 0.4) is 0 Å². The Labute approximate surface area is 90.4 Å². The van der Waals surface area contributed by atoms with E-state index in [1.54, 1.807) is 0 Å². The van der Waals surface area contributed by atoms with E-state index in [1.807, 2.05) is 0 Å². The number of alkyl halides is 3. The normalized spacial score (nSPS) is 13.3. The summed E-state index contributed by atoms with van der Waals surface area (Å²) < 4.78 is 37.0. The Hall–Kier alpha value is -1.56. The van der Waals surface area contributed by atoms with E-state index in [9.17, 15) is 18.0 Å². The lowest BCUT2D eigenvalue weighted by atomic mass is 10.1. The van der Waals surface area contributed by atoms with E-state index in [-0.39, 0.29) is 11.5 Å². The van der Waals surface area contributed by atoms with Gasteiger partial charge in [-0.1, -0.05) is 12.1 Å². The van der Waals surface area contributed by atoms with Crippen LogP contribution in [0.5, 0.6) is 0 Å². The molecule has 0 aliphatic rings. The van der Waals surface area contributed by atoms with Crippen LogP contribution in [0.2, 0.25) is 0 Å². The monoisotopic (exact) mass is 232 g/mol. The highest BCUT2D eigenvalue weighted by Crippen LogP contribution is 2.31. The van der Waals surface area contributed by atoms with Gasteiger partial charge in [-0.25, -0.2) is 0 Å². The number of halogens is 3. The fourth-order valence-corrected chi connectivity index (χ4v) is 1.20. The second kappa shape index (κ2) is 4.52. The van der Waals surface area contributed by atoms with Gasteiger partial charge in [0, 0.05) is 12.6 Å². The third-order valence-corrected chi connectivity index (χ3v) is 1.92. The summed E-state index contributed by atoms with van der Waals surface area (Å²) in [5.74, 6) is -0.349. The number of anilines is 1. The molecule has 3 N–H and O–H groups in total. The topological polar surface area (TPSA) is 55.1 Å². The van der Waals surface area contributed by atoms with E-state index in [2.05, 4.69) is 5.32 Å². The predicted molar refractivity (Wildman–Crippen MR) is 53.7 cm³/mol. The quantitative estimate of drug-likeness (QED) is 0.821. The Bertz CT molecular complexity index is 390. The summed E-state index contributed by atoms with van der Waals surface area (Å²) in [6.45, 7) is 1.27. The lowest BCUT2D eigenvalue weighted by molar-refractivity contribution is -0.149. The molecule has 1 atom stereocenters. The summed E-state index contributed by atoms with van der Waals surface area (Å²) in [5, 5.41) is 2.39. The van der Waals surface area contributed by atoms with Crippen molar-refractivity contribution >= 4 is 11.6 Å². The van der Waals surface area contributed by atoms with Gasteiger partial charge in [0.15, 0.2) is 0 Å². The zero-order valence-corrected chi connectivity index (χ0v) is 8.51. The van der Waals surface area contributed by atoms with Crippen molar-refractivity contribution in [3.05, 3.63) is 29.8 Å². The minimum absolute atomic E-state index is 0.0845. The molecule has 0 aliphatic carbocycles. The van der Waals surface area contributed by atoms with E-state index >= 15 is 0 Å². The molecule has 88 valence electrons. The van der Waals surface area contributed by atoms with Gasteiger partial charge in [0.25, 0.3) is 0 Å². The first-order valence-electron chi connectivity index (χ1n) is 4.50. The number of nitrogens with one attached hydrogen (secondary N) is 1. The molecule has 0 aliphatic heterocycles. The van der Waals surface area contributed by atoms with Crippen molar-refractivity contribution in [2.24, 2.45) is 5.73 Å². The van der Waals surface area contributed by atoms with E-state index in [1.165, 1.54) is 31.2 Å². The molecule has 0 radical (unpaired) electrons. The number of rotatable bonds is 2. The van der Waals surface area contributed by atoms with Crippen LogP contribution in [0, 0.1) is 0 Å². The van der Waals surface area contributed by atoms with E-state index in [0.717, 1.165) is 0 Å². The second-order valence-electron chi connectivity index (χ2n) is 3.33. The maximum atomic E-state index is 12.3. The van der Waals surface area contributed by atoms with Crippen molar-refractivity contribution in [2.45, 2.75) is 19.1 Å². The third-order valence-electron chi connectivity index (χ3n) is 1.92. The summed E-state index contributed by atoms with van der Waals surface area (Å²) in [6, 6.07) is 3.34. The maximum Gasteiger partial charge on any atom is 0.407 e. The molecule has 1 aromatic rings. The Balaban J connectivity index is 2.94. The number of amides is 1. The molecule has 0 bridgehead atoms. The average Bonchev–Trinajstić information content (AvgIpc) is 2.14. The van der Waals surface area contributed by atoms with Crippen LogP contribution in [0.1, 0.15) is 18.5 Å². The molecule has 0 aromatic heterocycles. The lowest BCUT2D eigenvalue weighted by Gasteiger charge is -2.16. The van der Waals surface area contributed by atoms with Crippen molar-refractivity contribution < 1.29 is 18.0 Å². The van der Waals surface area contributed by atoms with Crippen molar-refractivity contribution in [3.63, 3.8) is 0 Å². The first-order valence-corrected chi connectivity index (χ1v) is 4.50. The zero-order chi connectivity index (χ0) is 12.3. The van der Waals surface area contributed by atoms with Gasteiger partial charge in [-0.2, -0.15) is 13.2 Å². The molecule has 0 saturated heterocycles. The molecule has 0 fully saturated rings. The second-order valence-corrected chi connectivity index (χ2v) is 3.33. The molecule has 0 heterocycles. The van der Waals surface area contributed by atoms with E-state index < -0.39 is 12.2 Å². The van der Waals surface area contributed by atoms with Crippen molar-refractivity contribution in [1.82, 2.24) is 0 Å². The summed E-state index contributed by atoms with van der Waals surface area (Å²) in [6.07, 6.45) is -4.49. The number of hydrogen-bond acceptors (Lipinski definition) is 2. The Morgan fingerprint density at radius 3 is 2.56 bits per heavy atom. The molecular formula is C10H11F3N2O. The molecule has 1 aromatic carbocycles. The lowest BCUT2D eigenvalue weighted by Crippen LogP contribution is -2.28. The first kappa shape index (κ1) is 12.5. The van der Waals surface area contributed by atoms with Gasteiger partial charge in [-0.15, -0.1) is 0 Å². The average molecular weight is 232 g/mol. The Morgan fingerprint density at radius 1 is 1.44 bits per heavy atom. The number of benzene rings is 1. The summed E-state index contributed by atoms with van der Waals surface area (Å²) in [7, 11) is 0. The standard InChI is InChI=1S/C10H11F3N2O/c1-6(16)15-8-4-2-3-7(5-8)9(14)10(11,12)13/h2-5,9H,14H2,1H3,(H,15,16). The summed E-state index contributed by atoms with van der Waals surface area (Å²) in [5.41, 5.74) is 5.25. The minimum atomic E-state index is -4.49. The maximum absolute atomic E-state index is 12.3. The summed E-state index contributed by atoms with van der Waals surface area (Å²) >= 11 is 0. The van der Waals surface area contributed by atoms with Gasteiger partial charge in [0.2, 0.25) is 5.91 Å². The van der Waals surface area contributed by atoms with Crippen LogP contribution in [-0.4, -0.2) is 12.1 Å². The minimum Gasteiger partial charge on any atom is -0.326 e. The van der Waals surface area contributed by atoms with Gasteiger partial charge >= 0.3 is 6.18 Å². The van der Waals surface area contributed by atoms with Crippen molar-refractivity contribution in [2.75, 3.05) is 5.32 Å². The largest absolute Gasteiger partial charge is 0.407 e. The zero-order valence-electron chi connectivity index (χ0n) is 8.51. The van der Waals surface area contributed by atoms with Crippen LogP contribution in [0.25, 0.3) is 0 Å².